The smallest absolute Gasteiger partial charge is 0.125 e. The molecule has 0 aliphatic heterocycles. The van der Waals surface area contributed by atoms with Gasteiger partial charge in [0.05, 0.1) is 0 Å². The summed E-state index contributed by atoms with van der Waals surface area (Å²) >= 11 is 0. The van der Waals surface area contributed by atoms with Crippen LogP contribution < -0.4 is 5.73 Å². The Morgan fingerprint density at radius 3 is 2.40 bits per heavy atom. The summed E-state index contributed by atoms with van der Waals surface area (Å²) in [5, 5.41) is 0. The van der Waals surface area contributed by atoms with Crippen LogP contribution in [0.1, 0.15) is 11.5 Å². The highest BCUT2D eigenvalue weighted by molar-refractivity contribution is 5.77. The van der Waals surface area contributed by atoms with Gasteiger partial charge < -0.3 is 10.2 Å². The number of rotatable bonds is 1. The second-order valence-corrected chi connectivity index (χ2v) is 3.56. The lowest BCUT2D eigenvalue weighted by Crippen LogP contribution is -1.91. The largest absolute Gasteiger partial charge is 0.466 e. The Morgan fingerprint density at radius 2 is 1.87 bits per heavy atom. The second kappa shape index (κ2) is 3.42. The lowest BCUT2D eigenvalue weighted by molar-refractivity contribution is 0.505. The molecule has 0 aliphatic rings. The Balaban J connectivity index is 2.59. The quantitative estimate of drug-likeness (QED) is 0.725. The normalized spacial score (nSPS) is 10.6. The maximum absolute atomic E-state index is 12.9. The van der Waals surface area contributed by atoms with Crippen molar-refractivity contribution in [2.24, 2.45) is 0 Å². The molecule has 0 atom stereocenters. The molecule has 2 nitrogen and oxygen atoms in total. The summed E-state index contributed by atoms with van der Waals surface area (Å²) in [6.45, 7) is 3.74. The minimum Gasteiger partial charge on any atom is -0.466 e. The van der Waals surface area contributed by atoms with E-state index in [2.05, 4.69) is 0 Å². The number of anilines is 1. The topological polar surface area (TPSA) is 39.2 Å². The standard InChI is InChI=1S/C12H12FNO/c1-7-5-11(8(2)15-7)10-4-3-9(13)6-12(10)14/h3-6H,14H2,1-2H3. The van der Waals surface area contributed by atoms with Crippen LogP contribution in [0.5, 0.6) is 0 Å². The SMILES string of the molecule is Cc1cc(-c2ccc(F)cc2N)c(C)o1. The summed E-state index contributed by atoms with van der Waals surface area (Å²) in [4.78, 5) is 0. The number of benzene rings is 1. The predicted octanol–water partition coefficient (Wildman–Crippen LogP) is 3.28. The van der Waals surface area contributed by atoms with Crippen LogP contribution in [0.15, 0.2) is 28.7 Å². The first-order valence-corrected chi connectivity index (χ1v) is 4.70. The average molecular weight is 205 g/mol. The van der Waals surface area contributed by atoms with Gasteiger partial charge in [-0.25, -0.2) is 4.39 Å². The molecule has 0 aliphatic carbocycles. The van der Waals surface area contributed by atoms with Gasteiger partial charge in [0.2, 0.25) is 0 Å². The molecule has 3 heteroatoms. The van der Waals surface area contributed by atoms with Gasteiger partial charge in [-0.15, -0.1) is 0 Å². The summed E-state index contributed by atoms with van der Waals surface area (Å²) in [7, 11) is 0. The van der Waals surface area contributed by atoms with Crippen molar-refractivity contribution in [1.82, 2.24) is 0 Å². The van der Waals surface area contributed by atoms with Gasteiger partial charge >= 0.3 is 0 Å². The molecule has 1 heterocycles. The third-order valence-corrected chi connectivity index (χ3v) is 2.34. The van der Waals surface area contributed by atoms with E-state index in [4.69, 9.17) is 10.2 Å². The Hall–Kier alpha value is -1.77. The molecule has 1 aromatic carbocycles. The molecule has 0 unspecified atom stereocenters. The maximum atomic E-state index is 12.9. The van der Waals surface area contributed by atoms with Gasteiger partial charge in [-0.1, -0.05) is 0 Å². The van der Waals surface area contributed by atoms with Crippen LogP contribution in [0.2, 0.25) is 0 Å². The molecule has 0 saturated heterocycles. The summed E-state index contributed by atoms with van der Waals surface area (Å²) in [5.41, 5.74) is 7.91. The van der Waals surface area contributed by atoms with Crippen LogP contribution >= 0.6 is 0 Å². The first kappa shape index (κ1) is 9.77. The van der Waals surface area contributed by atoms with E-state index in [0.29, 0.717) is 5.69 Å². The fourth-order valence-electron chi connectivity index (χ4n) is 1.68. The molecule has 0 fully saturated rings. The zero-order chi connectivity index (χ0) is 11.0. The lowest BCUT2D eigenvalue weighted by Gasteiger charge is -2.03. The van der Waals surface area contributed by atoms with Gasteiger partial charge in [0.1, 0.15) is 17.3 Å². The zero-order valence-corrected chi connectivity index (χ0v) is 8.67. The average Bonchev–Trinajstić information content (AvgIpc) is 2.45. The molecule has 1 aromatic heterocycles. The van der Waals surface area contributed by atoms with Crippen molar-refractivity contribution in [3.05, 3.63) is 41.6 Å². The summed E-state index contributed by atoms with van der Waals surface area (Å²) in [6.07, 6.45) is 0. The Kier molecular flexibility index (Phi) is 2.23. The van der Waals surface area contributed by atoms with Gasteiger partial charge in [0.15, 0.2) is 0 Å². The number of nitrogens with two attached hydrogens (primary N) is 1. The van der Waals surface area contributed by atoms with E-state index < -0.39 is 0 Å². The van der Waals surface area contributed by atoms with E-state index in [1.54, 1.807) is 6.07 Å². The number of aryl methyl sites for hydroxylation is 2. The summed E-state index contributed by atoms with van der Waals surface area (Å²) in [6, 6.07) is 6.28. The van der Waals surface area contributed by atoms with Crippen molar-refractivity contribution in [1.29, 1.82) is 0 Å². The molecule has 78 valence electrons. The van der Waals surface area contributed by atoms with Gasteiger partial charge in [-0.2, -0.15) is 0 Å². The minimum absolute atomic E-state index is 0.325. The Labute approximate surface area is 87.5 Å². The molecular weight excluding hydrogens is 193 g/mol. The summed E-state index contributed by atoms with van der Waals surface area (Å²) < 4.78 is 18.3. The number of furan rings is 1. The van der Waals surface area contributed by atoms with Crippen molar-refractivity contribution >= 4 is 5.69 Å². The van der Waals surface area contributed by atoms with Crippen molar-refractivity contribution < 1.29 is 8.81 Å². The van der Waals surface area contributed by atoms with Crippen molar-refractivity contribution in [3.63, 3.8) is 0 Å². The molecule has 2 aromatic rings. The highest BCUT2D eigenvalue weighted by Crippen LogP contribution is 2.31. The summed E-state index contributed by atoms with van der Waals surface area (Å²) in [5.74, 6) is 1.30. The molecular formula is C12H12FNO. The second-order valence-electron chi connectivity index (χ2n) is 3.56. The first-order chi connectivity index (χ1) is 7.08. The number of nitrogen functional groups attached to an aromatic ring is 1. The number of halogens is 1. The van der Waals surface area contributed by atoms with Crippen molar-refractivity contribution in [2.75, 3.05) is 5.73 Å². The van der Waals surface area contributed by atoms with Crippen LogP contribution in [0.25, 0.3) is 11.1 Å². The first-order valence-electron chi connectivity index (χ1n) is 4.70. The van der Waals surface area contributed by atoms with Crippen LogP contribution in [-0.2, 0) is 0 Å². The Morgan fingerprint density at radius 1 is 1.13 bits per heavy atom. The highest BCUT2D eigenvalue weighted by Gasteiger charge is 2.10. The number of hydrogen-bond acceptors (Lipinski definition) is 2. The van der Waals surface area contributed by atoms with E-state index in [1.165, 1.54) is 12.1 Å². The molecule has 0 radical (unpaired) electrons. The monoisotopic (exact) mass is 205 g/mol. The molecule has 0 bridgehead atoms. The van der Waals surface area contributed by atoms with Crippen LogP contribution in [-0.4, -0.2) is 0 Å². The van der Waals surface area contributed by atoms with E-state index in [9.17, 15) is 4.39 Å². The van der Waals surface area contributed by atoms with Crippen LogP contribution in [0.4, 0.5) is 10.1 Å². The zero-order valence-electron chi connectivity index (χ0n) is 8.67. The van der Waals surface area contributed by atoms with Crippen molar-refractivity contribution in [2.45, 2.75) is 13.8 Å². The van der Waals surface area contributed by atoms with E-state index in [0.717, 1.165) is 22.6 Å². The predicted molar refractivity (Wildman–Crippen MR) is 58.0 cm³/mol. The van der Waals surface area contributed by atoms with Gasteiger partial charge in [-0.05, 0) is 38.1 Å². The third kappa shape index (κ3) is 1.73. The molecule has 2 N–H and O–H groups in total. The minimum atomic E-state index is -0.325. The van der Waals surface area contributed by atoms with Crippen LogP contribution in [0.3, 0.4) is 0 Å². The number of hydrogen-bond donors (Lipinski definition) is 1. The molecule has 0 amide bonds. The van der Waals surface area contributed by atoms with E-state index >= 15 is 0 Å². The van der Waals surface area contributed by atoms with Gasteiger partial charge in [0.25, 0.3) is 0 Å². The fraction of sp³-hybridized carbons (Fsp3) is 0.167. The molecule has 15 heavy (non-hydrogen) atoms. The van der Waals surface area contributed by atoms with E-state index in [1.807, 2.05) is 19.9 Å². The Bertz CT molecular complexity index is 502. The van der Waals surface area contributed by atoms with Crippen LogP contribution in [0, 0.1) is 19.7 Å². The fourth-order valence-corrected chi connectivity index (χ4v) is 1.68. The highest BCUT2D eigenvalue weighted by atomic mass is 19.1. The van der Waals surface area contributed by atoms with E-state index in [-0.39, 0.29) is 5.82 Å². The third-order valence-electron chi connectivity index (χ3n) is 2.34. The van der Waals surface area contributed by atoms with Gasteiger partial charge in [0, 0.05) is 16.8 Å². The molecule has 0 saturated carbocycles. The molecule has 0 spiro atoms. The van der Waals surface area contributed by atoms with Crippen molar-refractivity contribution in [3.8, 4) is 11.1 Å². The maximum Gasteiger partial charge on any atom is 0.125 e. The lowest BCUT2D eigenvalue weighted by atomic mass is 10.0. The van der Waals surface area contributed by atoms with Gasteiger partial charge in [-0.3, -0.25) is 0 Å². The molecule has 2 rings (SSSR count).